The highest BCUT2D eigenvalue weighted by Crippen LogP contribution is 2.23. The van der Waals surface area contributed by atoms with Crippen LogP contribution in [0.1, 0.15) is 27.3 Å². The third-order valence-corrected chi connectivity index (χ3v) is 5.26. The van der Waals surface area contributed by atoms with E-state index in [1.54, 1.807) is 24.5 Å². The fourth-order valence-electron chi connectivity index (χ4n) is 3.72. The van der Waals surface area contributed by atoms with Crippen molar-refractivity contribution in [2.45, 2.75) is 26.8 Å². The lowest BCUT2D eigenvalue weighted by Gasteiger charge is -2.14. The summed E-state index contributed by atoms with van der Waals surface area (Å²) in [7, 11) is 0. The van der Waals surface area contributed by atoms with Crippen molar-refractivity contribution in [3.8, 4) is 5.75 Å². The van der Waals surface area contributed by atoms with Crippen molar-refractivity contribution < 1.29 is 9.53 Å². The summed E-state index contributed by atoms with van der Waals surface area (Å²) in [5.41, 5.74) is 4.84. The molecule has 31 heavy (non-hydrogen) atoms. The summed E-state index contributed by atoms with van der Waals surface area (Å²) in [5.74, 6) is 1.74. The van der Waals surface area contributed by atoms with Gasteiger partial charge in [-0.1, -0.05) is 30.3 Å². The molecule has 0 unspecified atom stereocenters. The van der Waals surface area contributed by atoms with Gasteiger partial charge in [0.2, 0.25) is 0 Å². The van der Waals surface area contributed by atoms with Crippen LogP contribution in [0.4, 0.5) is 0 Å². The summed E-state index contributed by atoms with van der Waals surface area (Å²) < 4.78 is 8.30. The number of rotatable bonds is 8. The normalized spacial score (nSPS) is 10.9. The zero-order valence-electron chi connectivity index (χ0n) is 17.8. The number of imidazole rings is 1. The first-order chi connectivity index (χ1) is 15.1. The van der Waals surface area contributed by atoms with E-state index in [4.69, 9.17) is 9.72 Å². The van der Waals surface area contributed by atoms with Gasteiger partial charge in [-0.3, -0.25) is 9.78 Å². The topological polar surface area (TPSA) is 69.0 Å². The Morgan fingerprint density at radius 3 is 2.61 bits per heavy atom. The molecule has 2 aromatic carbocycles. The highest BCUT2D eigenvalue weighted by molar-refractivity contribution is 5.93. The van der Waals surface area contributed by atoms with Crippen LogP contribution < -0.4 is 10.1 Å². The van der Waals surface area contributed by atoms with Crippen molar-refractivity contribution >= 4 is 16.9 Å². The van der Waals surface area contributed by atoms with Crippen molar-refractivity contribution in [2.24, 2.45) is 0 Å². The smallest absolute Gasteiger partial charge is 0.252 e. The second kappa shape index (κ2) is 9.43. The van der Waals surface area contributed by atoms with Gasteiger partial charge in [0, 0.05) is 25.4 Å². The van der Waals surface area contributed by atoms with Crippen LogP contribution in [-0.4, -0.2) is 33.6 Å². The van der Waals surface area contributed by atoms with Gasteiger partial charge in [0.05, 0.1) is 23.1 Å². The SMILES string of the molecule is Cc1cccc(C)c1OCCn1c(CCNC(=O)c2cccnc2)nc2ccccc21. The fourth-order valence-corrected chi connectivity index (χ4v) is 3.72. The Morgan fingerprint density at radius 1 is 1.03 bits per heavy atom. The number of nitrogens with zero attached hydrogens (tertiary/aromatic N) is 3. The summed E-state index contributed by atoms with van der Waals surface area (Å²) in [6.45, 7) is 5.84. The van der Waals surface area contributed by atoms with Gasteiger partial charge >= 0.3 is 0 Å². The standard InChI is InChI=1S/C25H26N4O2/c1-18-7-5-8-19(2)24(18)31-16-15-29-22-11-4-3-10-21(22)28-23(29)12-14-27-25(30)20-9-6-13-26-17-20/h3-11,13,17H,12,14-16H2,1-2H3,(H,27,30). The number of ether oxygens (including phenoxy) is 1. The molecule has 4 aromatic rings. The monoisotopic (exact) mass is 414 g/mol. The number of aromatic nitrogens is 3. The molecule has 0 spiro atoms. The Morgan fingerprint density at radius 2 is 1.84 bits per heavy atom. The van der Waals surface area contributed by atoms with Gasteiger partial charge in [0.25, 0.3) is 5.91 Å². The fraction of sp³-hybridized carbons (Fsp3) is 0.240. The van der Waals surface area contributed by atoms with Gasteiger partial charge < -0.3 is 14.6 Å². The highest BCUT2D eigenvalue weighted by Gasteiger charge is 2.12. The molecular formula is C25H26N4O2. The molecule has 0 fully saturated rings. The van der Waals surface area contributed by atoms with Gasteiger partial charge in [-0.05, 0) is 49.2 Å². The lowest BCUT2D eigenvalue weighted by molar-refractivity contribution is 0.0953. The van der Waals surface area contributed by atoms with E-state index in [1.165, 1.54) is 0 Å². The van der Waals surface area contributed by atoms with Crippen molar-refractivity contribution in [3.63, 3.8) is 0 Å². The van der Waals surface area contributed by atoms with Crippen molar-refractivity contribution in [2.75, 3.05) is 13.2 Å². The lowest BCUT2D eigenvalue weighted by atomic mass is 10.1. The molecular weight excluding hydrogens is 388 g/mol. The second-order valence-corrected chi connectivity index (χ2v) is 7.49. The van der Waals surface area contributed by atoms with Crippen LogP contribution in [0.25, 0.3) is 11.0 Å². The first kappa shape index (κ1) is 20.6. The molecule has 6 nitrogen and oxygen atoms in total. The quantitative estimate of drug-likeness (QED) is 0.471. The Bertz CT molecular complexity index is 1160. The number of para-hydroxylation sites is 3. The van der Waals surface area contributed by atoms with Gasteiger partial charge in [-0.25, -0.2) is 4.98 Å². The minimum Gasteiger partial charge on any atom is -0.491 e. The van der Waals surface area contributed by atoms with Gasteiger partial charge in [-0.2, -0.15) is 0 Å². The second-order valence-electron chi connectivity index (χ2n) is 7.49. The van der Waals surface area contributed by atoms with E-state index >= 15 is 0 Å². The molecule has 4 rings (SSSR count). The van der Waals surface area contributed by atoms with E-state index in [9.17, 15) is 4.79 Å². The molecule has 2 heterocycles. The maximum atomic E-state index is 12.3. The molecule has 0 saturated heterocycles. The maximum Gasteiger partial charge on any atom is 0.252 e. The summed E-state index contributed by atoms with van der Waals surface area (Å²) in [5, 5.41) is 2.95. The van der Waals surface area contributed by atoms with Crippen molar-refractivity contribution in [1.29, 1.82) is 0 Å². The zero-order chi connectivity index (χ0) is 21.6. The van der Waals surface area contributed by atoms with E-state index in [0.717, 1.165) is 33.7 Å². The number of amides is 1. The maximum absolute atomic E-state index is 12.3. The average Bonchev–Trinajstić information content (AvgIpc) is 3.13. The predicted molar refractivity (Wildman–Crippen MR) is 121 cm³/mol. The first-order valence-electron chi connectivity index (χ1n) is 10.4. The van der Waals surface area contributed by atoms with Gasteiger partial charge in [-0.15, -0.1) is 0 Å². The largest absolute Gasteiger partial charge is 0.491 e. The van der Waals surface area contributed by atoms with Crippen molar-refractivity contribution in [3.05, 3.63) is 89.5 Å². The van der Waals surface area contributed by atoms with E-state index in [-0.39, 0.29) is 5.91 Å². The Labute approximate surface area is 181 Å². The predicted octanol–water partition coefficient (Wildman–Crippen LogP) is 4.10. The van der Waals surface area contributed by atoms with E-state index in [0.29, 0.717) is 31.7 Å². The molecule has 0 saturated carbocycles. The molecule has 6 heteroatoms. The van der Waals surface area contributed by atoms with E-state index < -0.39 is 0 Å². The summed E-state index contributed by atoms with van der Waals surface area (Å²) in [6.07, 6.45) is 3.85. The average molecular weight is 415 g/mol. The number of hydrogen-bond acceptors (Lipinski definition) is 4. The number of aryl methyl sites for hydroxylation is 2. The third kappa shape index (κ3) is 4.74. The van der Waals surface area contributed by atoms with Crippen LogP contribution >= 0.6 is 0 Å². The summed E-state index contributed by atoms with van der Waals surface area (Å²) >= 11 is 0. The Balaban J connectivity index is 1.45. The van der Waals surface area contributed by atoms with E-state index in [2.05, 4.69) is 46.9 Å². The molecule has 1 N–H and O–H groups in total. The molecule has 0 atom stereocenters. The molecule has 0 radical (unpaired) electrons. The number of benzene rings is 2. The number of carbonyl (C=O) groups is 1. The molecule has 0 aliphatic heterocycles. The number of fused-ring (bicyclic) bond motifs is 1. The first-order valence-corrected chi connectivity index (χ1v) is 10.4. The Kier molecular flexibility index (Phi) is 6.26. The van der Waals surface area contributed by atoms with Crippen molar-refractivity contribution in [1.82, 2.24) is 19.9 Å². The number of pyridine rings is 1. The molecule has 1 amide bonds. The Hall–Kier alpha value is -3.67. The number of hydrogen-bond donors (Lipinski definition) is 1. The minimum absolute atomic E-state index is 0.130. The molecule has 0 aliphatic carbocycles. The molecule has 2 aromatic heterocycles. The third-order valence-electron chi connectivity index (χ3n) is 5.26. The molecule has 158 valence electrons. The van der Waals surface area contributed by atoms with Crippen LogP contribution in [0.2, 0.25) is 0 Å². The lowest BCUT2D eigenvalue weighted by Crippen LogP contribution is -2.26. The van der Waals surface area contributed by atoms with Crippen LogP contribution in [0.5, 0.6) is 5.75 Å². The van der Waals surface area contributed by atoms with Crippen LogP contribution in [-0.2, 0) is 13.0 Å². The summed E-state index contributed by atoms with van der Waals surface area (Å²) in [6, 6.07) is 17.7. The van der Waals surface area contributed by atoms with Crippen LogP contribution in [0.15, 0.2) is 67.0 Å². The van der Waals surface area contributed by atoms with E-state index in [1.807, 2.05) is 24.3 Å². The zero-order valence-corrected chi connectivity index (χ0v) is 17.8. The van der Waals surface area contributed by atoms with Gasteiger partial charge in [0.1, 0.15) is 18.2 Å². The number of nitrogens with one attached hydrogen (secondary N) is 1. The summed E-state index contributed by atoms with van der Waals surface area (Å²) in [4.78, 5) is 21.1. The molecule has 0 bridgehead atoms. The van der Waals surface area contributed by atoms with Gasteiger partial charge in [0.15, 0.2) is 0 Å². The van der Waals surface area contributed by atoms with Crippen LogP contribution in [0.3, 0.4) is 0 Å². The highest BCUT2D eigenvalue weighted by atomic mass is 16.5. The molecule has 0 aliphatic rings. The number of carbonyl (C=O) groups excluding carboxylic acids is 1. The minimum atomic E-state index is -0.130. The van der Waals surface area contributed by atoms with Crippen LogP contribution in [0, 0.1) is 13.8 Å².